The van der Waals surface area contributed by atoms with E-state index in [1.54, 1.807) is 0 Å². The van der Waals surface area contributed by atoms with E-state index in [2.05, 4.69) is 0 Å². The molecule has 0 aromatic carbocycles. The predicted octanol–water partition coefficient (Wildman–Crippen LogP) is 0.839. The monoisotopic (exact) mass is 293 g/mol. The molecule has 1 aromatic heterocycles. The van der Waals surface area contributed by atoms with Crippen LogP contribution in [-0.2, 0) is 10.0 Å². The highest BCUT2D eigenvalue weighted by molar-refractivity contribution is 7.89. The van der Waals surface area contributed by atoms with Gasteiger partial charge < -0.3 is 10.2 Å². The summed E-state index contributed by atoms with van der Waals surface area (Å²) in [4.78, 5) is 10.5. The maximum absolute atomic E-state index is 12.3. The van der Waals surface area contributed by atoms with Crippen LogP contribution in [0.15, 0.2) is 16.3 Å². The molecule has 0 saturated carbocycles. The van der Waals surface area contributed by atoms with Crippen molar-refractivity contribution in [2.24, 2.45) is 0 Å². The highest BCUT2D eigenvalue weighted by atomic mass is 32.2. The zero-order valence-corrected chi connectivity index (χ0v) is 11.5. The van der Waals surface area contributed by atoms with Gasteiger partial charge in [0.1, 0.15) is 9.77 Å². The number of aliphatic hydroxyl groups excluding tert-OH is 1. The molecule has 0 bridgehead atoms. The van der Waals surface area contributed by atoms with Crippen LogP contribution >= 0.6 is 11.3 Å². The van der Waals surface area contributed by atoms with Gasteiger partial charge in [-0.3, -0.25) is 0 Å². The summed E-state index contributed by atoms with van der Waals surface area (Å²) in [6.07, 6.45) is 0.589. The van der Waals surface area contributed by atoms with Crippen molar-refractivity contribution in [3.63, 3.8) is 0 Å². The number of thiophene rings is 1. The summed E-state index contributed by atoms with van der Waals surface area (Å²) in [5, 5.41) is 19.3. The van der Waals surface area contributed by atoms with Gasteiger partial charge >= 0.3 is 5.97 Å². The van der Waals surface area contributed by atoms with Crippen molar-refractivity contribution in [1.29, 1.82) is 0 Å². The fraction of sp³-hybridized carbons (Fsp3) is 0.500. The summed E-state index contributed by atoms with van der Waals surface area (Å²) in [7, 11) is -3.85. The average molecular weight is 293 g/mol. The SMILES string of the molecule is CCCN(CCO)S(=O)(=O)c1ccsc1C(=O)O. The highest BCUT2D eigenvalue weighted by Crippen LogP contribution is 2.25. The predicted molar refractivity (Wildman–Crippen MR) is 67.4 cm³/mol. The van der Waals surface area contributed by atoms with E-state index in [9.17, 15) is 13.2 Å². The molecule has 0 radical (unpaired) electrons. The largest absolute Gasteiger partial charge is 0.477 e. The van der Waals surface area contributed by atoms with Gasteiger partial charge in [0, 0.05) is 13.1 Å². The van der Waals surface area contributed by atoms with Crippen LogP contribution in [0.3, 0.4) is 0 Å². The maximum Gasteiger partial charge on any atom is 0.347 e. The molecule has 0 aliphatic heterocycles. The van der Waals surface area contributed by atoms with Crippen molar-refractivity contribution in [2.75, 3.05) is 19.7 Å². The van der Waals surface area contributed by atoms with E-state index in [-0.39, 0.29) is 29.5 Å². The molecule has 1 aromatic rings. The number of hydrogen-bond donors (Lipinski definition) is 2. The van der Waals surface area contributed by atoms with Crippen molar-refractivity contribution in [3.05, 3.63) is 16.3 Å². The lowest BCUT2D eigenvalue weighted by Crippen LogP contribution is -2.34. The maximum atomic E-state index is 12.3. The van der Waals surface area contributed by atoms with Crippen LogP contribution in [0.4, 0.5) is 0 Å². The number of carbonyl (C=O) groups is 1. The number of aliphatic hydroxyl groups is 1. The minimum atomic E-state index is -3.85. The summed E-state index contributed by atoms with van der Waals surface area (Å²) < 4.78 is 25.6. The lowest BCUT2D eigenvalue weighted by atomic mass is 10.5. The molecular weight excluding hydrogens is 278 g/mol. The molecule has 0 spiro atoms. The molecule has 0 atom stereocenters. The molecule has 8 heteroatoms. The third-order valence-electron chi connectivity index (χ3n) is 2.26. The Morgan fingerprint density at radius 2 is 2.11 bits per heavy atom. The molecule has 0 aliphatic rings. The Bertz CT molecular complexity index is 502. The molecule has 102 valence electrons. The first kappa shape index (κ1) is 15.1. The lowest BCUT2D eigenvalue weighted by Gasteiger charge is -2.20. The van der Waals surface area contributed by atoms with E-state index in [0.717, 1.165) is 15.6 Å². The molecule has 1 rings (SSSR count). The van der Waals surface area contributed by atoms with E-state index >= 15 is 0 Å². The third kappa shape index (κ3) is 3.08. The zero-order valence-electron chi connectivity index (χ0n) is 9.87. The van der Waals surface area contributed by atoms with Gasteiger partial charge in [0.05, 0.1) is 6.61 Å². The summed E-state index contributed by atoms with van der Waals surface area (Å²) >= 11 is 0.870. The van der Waals surface area contributed by atoms with E-state index in [0.29, 0.717) is 6.42 Å². The molecule has 6 nitrogen and oxygen atoms in total. The number of carboxylic acids is 1. The highest BCUT2D eigenvalue weighted by Gasteiger charge is 2.29. The number of carboxylic acid groups (broad SMARTS) is 1. The van der Waals surface area contributed by atoms with Gasteiger partial charge in [-0.05, 0) is 17.9 Å². The first-order chi connectivity index (χ1) is 8.45. The van der Waals surface area contributed by atoms with Gasteiger partial charge in [-0.2, -0.15) is 4.31 Å². The normalized spacial score (nSPS) is 11.9. The van der Waals surface area contributed by atoms with Gasteiger partial charge in [-0.1, -0.05) is 6.92 Å². The van der Waals surface area contributed by atoms with E-state index < -0.39 is 16.0 Å². The summed E-state index contributed by atoms with van der Waals surface area (Å²) in [6.45, 7) is 1.72. The number of rotatable bonds is 7. The van der Waals surface area contributed by atoms with Crippen molar-refractivity contribution < 1.29 is 23.4 Å². The van der Waals surface area contributed by atoms with Crippen molar-refractivity contribution >= 4 is 27.3 Å². The average Bonchev–Trinajstić information content (AvgIpc) is 2.78. The molecule has 18 heavy (non-hydrogen) atoms. The van der Waals surface area contributed by atoms with Crippen LogP contribution in [0.2, 0.25) is 0 Å². The van der Waals surface area contributed by atoms with Crippen LogP contribution in [0, 0.1) is 0 Å². The molecule has 0 unspecified atom stereocenters. The Morgan fingerprint density at radius 3 is 2.61 bits per heavy atom. The van der Waals surface area contributed by atoms with Crippen molar-refractivity contribution in [2.45, 2.75) is 18.2 Å². The molecule has 0 fully saturated rings. The topological polar surface area (TPSA) is 94.9 Å². The first-order valence-electron chi connectivity index (χ1n) is 5.37. The zero-order chi connectivity index (χ0) is 13.8. The van der Waals surface area contributed by atoms with Crippen LogP contribution in [-0.4, -0.2) is 48.6 Å². The van der Waals surface area contributed by atoms with Gasteiger partial charge in [0.2, 0.25) is 10.0 Å². The van der Waals surface area contributed by atoms with Crippen LogP contribution in [0.25, 0.3) is 0 Å². The molecule has 2 N–H and O–H groups in total. The smallest absolute Gasteiger partial charge is 0.347 e. The molecule has 0 amide bonds. The fourth-order valence-corrected chi connectivity index (χ4v) is 4.27. The second kappa shape index (κ2) is 6.28. The summed E-state index contributed by atoms with van der Waals surface area (Å²) in [6, 6.07) is 1.28. The second-order valence-corrected chi connectivity index (χ2v) is 6.37. The fourth-order valence-electron chi connectivity index (χ4n) is 1.51. The molecule has 1 heterocycles. The van der Waals surface area contributed by atoms with Crippen molar-refractivity contribution in [1.82, 2.24) is 4.31 Å². The Kier molecular flexibility index (Phi) is 5.27. The lowest BCUT2D eigenvalue weighted by molar-refractivity contribution is 0.0698. The number of nitrogens with zero attached hydrogens (tertiary/aromatic N) is 1. The van der Waals surface area contributed by atoms with Crippen LogP contribution in [0.1, 0.15) is 23.0 Å². The van der Waals surface area contributed by atoms with E-state index in [1.807, 2.05) is 6.92 Å². The number of sulfonamides is 1. The second-order valence-electron chi connectivity index (χ2n) is 3.55. The number of hydrogen-bond acceptors (Lipinski definition) is 5. The van der Waals surface area contributed by atoms with Gasteiger partial charge in [0.15, 0.2) is 0 Å². The molecular formula is C10H15NO5S2. The van der Waals surface area contributed by atoms with Crippen LogP contribution in [0.5, 0.6) is 0 Å². The Labute approximate surface area is 110 Å². The van der Waals surface area contributed by atoms with Crippen molar-refractivity contribution in [3.8, 4) is 0 Å². The first-order valence-corrected chi connectivity index (χ1v) is 7.69. The summed E-state index contributed by atoms with van der Waals surface area (Å²) in [5.74, 6) is -1.26. The molecule has 0 aliphatic carbocycles. The van der Waals surface area contributed by atoms with Gasteiger partial charge in [0.25, 0.3) is 0 Å². The number of aromatic carboxylic acids is 1. The van der Waals surface area contributed by atoms with E-state index in [4.69, 9.17) is 10.2 Å². The van der Waals surface area contributed by atoms with Gasteiger partial charge in [-0.15, -0.1) is 11.3 Å². The standard InChI is InChI=1S/C10H15NO5S2/c1-2-4-11(5-6-12)18(15,16)8-3-7-17-9(8)10(13)14/h3,7,12H,2,4-6H2,1H3,(H,13,14). The quantitative estimate of drug-likeness (QED) is 0.776. The van der Waals surface area contributed by atoms with E-state index in [1.165, 1.54) is 11.4 Å². The Morgan fingerprint density at radius 1 is 1.44 bits per heavy atom. The van der Waals surface area contributed by atoms with Gasteiger partial charge in [-0.25, -0.2) is 13.2 Å². The minimum absolute atomic E-state index is 0.0366. The summed E-state index contributed by atoms with van der Waals surface area (Å²) in [5.41, 5.74) is 0. The van der Waals surface area contributed by atoms with Crippen LogP contribution < -0.4 is 0 Å². The Hall–Kier alpha value is -0.960. The molecule has 0 saturated heterocycles. The Balaban J connectivity index is 3.18. The third-order valence-corrected chi connectivity index (χ3v) is 5.24. The minimum Gasteiger partial charge on any atom is -0.477 e.